The molecule has 0 aromatic heterocycles. The highest BCUT2D eigenvalue weighted by molar-refractivity contribution is 9.10. The molecule has 3 heteroatoms. The first-order valence-corrected chi connectivity index (χ1v) is 7.97. The van der Waals surface area contributed by atoms with Crippen LogP contribution in [0.25, 0.3) is 0 Å². The highest BCUT2D eigenvalue weighted by Crippen LogP contribution is 2.38. The molecule has 0 heterocycles. The van der Waals surface area contributed by atoms with Crippen molar-refractivity contribution in [3.63, 3.8) is 0 Å². The molecule has 2 aromatic rings. The molecule has 0 fully saturated rings. The second kappa shape index (κ2) is 5.47. The van der Waals surface area contributed by atoms with Gasteiger partial charge < -0.3 is 0 Å². The summed E-state index contributed by atoms with van der Waals surface area (Å²) in [5.41, 5.74) is 4.99. The van der Waals surface area contributed by atoms with Gasteiger partial charge in [-0.1, -0.05) is 41.9 Å². The summed E-state index contributed by atoms with van der Waals surface area (Å²) in [6.45, 7) is 0. The van der Waals surface area contributed by atoms with Crippen LogP contribution in [0, 0.1) is 0 Å². The molecule has 0 saturated carbocycles. The lowest BCUT2D eigenvalue weighted by Crippen LogP contribution is -1.96. The third kappa shape index (κ3) is 2.56. The van der Waals surface area contributed by atoms with Crippen molar-refractivity contribution in [2.45, 2.75) is 24.6 Å². The van der Waals surface area contributed by atoms with E-state index in [1.54, 1.807) is 0 Å². The van der Waals surface area contributed by atoms with E-state index in [-0.39, 0.29) is 5.38 Å². The van der Waals surface area contributed by atoms with Gasteiger partial charge in [0, 0.05) is 4.47 Å². The zero-order valence-corrected chi connectivity index (χ0v) is 13.4. The maximum Gasteiger partial charge on any atom is 0.0850 e. The molecule has 2 aromatic carbocycles. The monoisotopic (exact) mass is 354 g/mol. The number of hydrogen-bond acceptors (Lipinski definition) is 0. The minimum absolute atomic E-state index is 0.198. The molecular formula is C16H13BrCl2. The topological polar surface area (TPSA) is 0 Å². The first kappa shape index (κ1) is 13.5. The van der Waals surface area contributed by atoms with Crippen LogP contribution in [0.3, 0.4) is 0 Å². The zero-order valence-electron chi connectivity index (χ0n) is 10.3. The van der Waals surface area contributed by atoms with Crippen molar-refractivity contribution in [3.8, 4) is 0 Å². The Morgan fingerprint density at radius 1 is 1.05 bits per heavy atom. The Morgan fingerprint density at radius 3 is 2.68 bits per heavy atom. The van der Waals surface area contributed by atoms with Crippen LogP contribution in [0.2, 0.25) is 5.02 Å². The zero-order chi connectivity index (χ0) is 13.4. The highest BCUT2D eigenvalue weighted by Gasteiger charge is 2.18. The Bertz CT molecular complexity index is 622. The molecule has 19 heavy (non-hydrogen) atoms. The maximum atomic E-state index is 6.61. The highest BCUT2D eigenvalue weighted by atomic mass is 79.9. The fraction of sp³-hybridized carbons (Fsp3) is 0.250. The van der Waals surface area contributed by atoms with E-state index in [9.17, 15) is 0 Å². The molecule has 0 saturated heterocycles. The van der Waals surface area contributed by atoms with Crippen LogP contribution >= 0.6 is 39.1 Å². The molecule has 0 spiro atoms. The first-order valence-electron chi connectivity index (χ1n) is 6.36. The van der Waals surface area contributed by atoms with Gasteiger partial charge in [0.2, 0.25) is 0 Å². The van der Waals surface area contributed by atoms with Gasteiger partial charge in [-0.05, 0) is 63.5 Å². The van der Waals surface area contributed by atoms with E-state index in [0.717, 1.165) is 15.6 Å². The van der Waals surface area contributed by atoms with E-state index in [4.69, 9.17) is 23.2 Å². The van der Waals surface area contributed by atoms with E-state index in [2.05, 4.69) is 34.1 Å². The van der Waals surface area contributed by atoms with Crippen molar-refractivity contribution in [1.29, 1.82) is 0 Å². The third-order valence-electron chi connectivity index (χ3n) is 3.67. The van der Waals surface area contributed by atoms with Crippen molar-refractivity contribution in [2.75, 3.05) is 0 Å². The van der Waals surface area contributed by atoms with Crippen molar-refractivity contribution >= 4 is 39.1 Å². The van der Waals surface area contributed by atoms with Crippen LogP contribution in [0.1, 0.15) is 34.1 Å². The number of halogens is 3. The quantitative estimate of drug-likeness (QED) is 0.586. The summed E-state index contributed by atoms with van der Waals surface area (Å²) in [6.07, 6.45) is 3.61. The van der Waals surface area contributed by atoms with Crippen LogP contribution in [0.15, 0.2) is 40.9 Å². The van der Waals surface area contributed by atoms with Crippen LogP contribution in [-0.2, 0) is 12.8 Å². The normalized spacial score (nSPS) is 15.3. The molecule has 0 bridgehead atoms. The summed E-state index contributed by atoms with van der Waals surface area (Å²) in [5.74, 6) is 0. The molecular weight excluding hydrogens is 343 g/mol. The number of aryl methyl sites for hydroxylation is 2. The van der Waals surface area contributed by atoms with E-state index >= 15 is 0 Å². The second-order valence-corrected chi connectivity index (χ2v) is 6.56. The van der Waals surface area contributed by atoms with Crippen LogP contribution in [0.4, 0.5) is 0 Å². The maximum absolute atomic E-state index is 6.61. The van der Waals surface area contributed by atoms with Gasteiger partial charge >= 0.3 is 0 Å². The molecule has 98 valence electrons. The molecule has 1 aliphatic rings. The number of benzene rings is 2. The number of fused-ring (bicyclic) bond motifs is 1. The van der Waals surface area contributed by atoms with Gasteiger partial charge in [0.1, 0.15) is 0 Å². The molecule has 1 unspecified atom stereocenters. The van der Waals surface area contributed by atoms with Gasteiger partial charge in [-0.2, -0.15) is 0 Å². The van der Waals surface area contributed by atoms with Gasteiger partial charge in [-0.3, -0.25) is 0 Å². The molecule has 0 radical (unpaired) electrons. The minimum atomic E-state index is -0.198. The fourth-order valence-corrected chi connectivity index (χ4v) is 3.64. The van der Waals surface area contributed by atoms with E-state index in [1.807, 2.05) is 18.2 Å². The lowest BCUT2D eigenvalue weighted by atomic mass is 10.00. The Balaban J connectivity index is 2.00. The lowest BCUT2D eigenvalue weighted by molar-refractivity contribution is 0.911. The molecule has 0 nitrogen and oxygen atoms in total. The molecule has 0 aliphatic heterocycles. The molecule has 0 amide bonds. The standard InChI is InChI=1S/C16H13BrCl2/c17-14-6-2-5-13(16(14)19)15(18)12-8-7-10-3-1-4-11(10)9-12/h2,5-9,15H,1,3-4H2. The smallest absolute Gasteiger partial charge is 0.0850 e. The molecule has 1 aliphatic carbocycles. The van der Waals surface area contributed by atoms with Gasteiger partial charge in [-0.25, -0.2) is 0 Å². The second-order valence-electron chi connectivity index (χ2n) is 4.89. The van der Waals surface area contributed by atoms with Gasteiger partial charge in [0.05, 0.1) is 10.4 Å². The van der Waals surface area contributed by atoms with Gasteiger partial charge in [-0.15, -0.1) is 11.6 Å². The van der Waals surface area contributed by atoms with Crippen molar-refractivity contribution in [1.82, 2.24) is 0 Å². The van der Waals surface area contributed by atoms with E-state index in [1.165, 1.54) is 30.4 Å². The summed E-state index contributed by atoms with van der Waals surface area (Å²) in [6, 6.07) is 12.4. The third-order valence-corrected chi connectivity index (χ3v) is 5.47. The average molecular weight is 356 g/mol. The van der Waals surface area contributed by atoms with Crippen molar-refractivity contribution in [3.05, 3.63) is 68.1 Å². The summed E-state index contributed by atoms with van der Waals surface area (Å²) in [5, 5.41) is 0.499. The summed E-state index contributed by atoms with van der Waals surface area (Å²) in [4.78, 5) is 0. The Hall–Kier alpha value is -0.500. The Kier molecular flexibility index (Phi) is 3.88. The molecule has 0 N–H and O–H groups in total. The van der Waals surface area contributed by atoms with Crippen LogP contribution in [0.5, 0.6) is 0 Å². The lowest BCUT2D eigenvalue weighted by Gasteiger charge is -2.14. The summed E-state index contributed by atoms with van der Waals surface area (Å²) < 4.78 is 0.887. The Morgan fingerprint density at radius 2 is 1.84 bits per heavy atom. The SMILES string of the molecule is Clc1c(Br)cccc1C(Cl)c1ccc2c(c1)CCC2. The number of rotatable bonds is 2. The van der Waals surface area contributed by atoms with E-state index in [0.29, 0.717) is 5.02 Å². The fourth-order valence-electron chi connectivity index (χ4n) is 2.65. The minimum Gasteiger partial charge on any atom is -0.113 e. The summed E-state index contributed by atoms with van der Waals surface area (Å²) in [7, 11) is 0. The van der Waals surface area contributed by atoms with Crippen molar-refractivity contribution < 1.29 is 0 Å². The number of alkyl halides is 1. The van der Waals surface area contributed by atoms with Gasteiger partial charge in [0.25, 0.3) is 0 Å². The number of hydrogen-bond donors (Lipinski definition) is 0. The average Bonchev–Trinajstić information content (AvgIpc) is 2.88. The summed E-state index contributed by atoms with van der Waals surface area (Å²) >= 11 is 16.4. The van der Waals surface area contributed by atoms with Crippen LogP contribution in [-0.4, -0.2) is 0 Å². The van der Waals surface area contributed by atoms with Crippen LogP contribution < -0.4 is 0 Å². The first-order chi connectivity index (χ1) is 9.16. The molecule has 3 rings (SSSR count). The predicted molar refractivity (Wildman–Crippen MR) is 85.3 cm³/mol. The van der Waals surface area contributed by atoms with E-state index < -0.39 is 0 Å². The van der Waals surface area contributed by atoms with Gasteiger partial charge in [0.15, 0.2) is 0 Å². The molecule has 1 atom stereocenters. The van der Waals surface area contributed by atoms with Crippen molar-refractivity contribution in [2.24, 2.45) is 0 Å². The predicted octanol–water partition coefficient (Wildman–Crippen LogP) is 5.92. The largest absolute Gasteiger partial charge is 0.113 e. The Labute approximate surface area is 131 Å².